The van der Waals surface area contributed by atoms with Crippen LogP contribution < -0.4 is 16.4 Å². The van der Waals surface area contributed by atoms with Gasteiger partial charge in [0, 0.05) is 24.2 Å². The van der Waals surface area contributed by atoms with E-state index in [9.17, 15) is 10.1 Å². The molecule has 26 heavy (non-hydrogen) atoms. The molecule has 0 spiro atoms. The maximum absolute atomic E-state index is 12.2. The average molecular weight is 349 g/mol. The van der Waals surface area contributed by atoms with Gasteiger partial charge in [0.05, 0.1) is 16.6 Å². The molecule has 1 amide bonds. The zero-order valence-electron chi connectivity index (χ0n) is 14.7. The first-order valence-electron chi connectivity index (χ1n) is 9.16. The molecule has 1 saturated heterocycles. The van der Waals surface area contributed by atoms with Crippen LogP contribution in [0.5, 0.6) is 0 Å². The van der Waals surface area contributed by atoms with E-state index in [1.165, 1.54) is 5.56 Å². The van der Waals surface area contributed by atoms with Crippen molar-refractivity contribution in [1.82, 2.24) is 15.6 Å². The number of hydrogen-bond donors (Lipinski definition) is 3. The van der Waals surface area contributed by atoms with Gasteiger partial charge < -0.3 is 16.4 Å². The van der Waals surface area contributed by atoms with Gasteiger partial charge in [0.2, 0.25) is 5.91 Å². The van der Waals surface area contributed by atoms with Crippen LogP contribution in [0.2, 0.25) is 0 Å². The standard InChI is InChI=1S/C20H23N5O/c21-10-15-4-3-14(17-2-1-7-24-18(15)17)8-13-9-16(12-23-11-13)25-19(26)20(22)5-6-20/h1-4,7,13,16,23H,5-6,8-9,11-12,22H2,(H,25,26)/t13-,16+/m0/s1. The third-order valence-corrected chi connectivity index (χ3v) is 5.51. The minimum Gasteiger partial charge on any atom is -0.350 e. The smallest absolute Gasteiger partial charge is 0.240 e. The number of nitrogens with one attached hydrogen (secondary N) is 2. The summed E-state index contributed by atoms with van der Waals surface area (Å²) in [5, 5.41) is 16.9. The fourth-order valence-corrected chi connectivity index (χ4v) is 3.80. The second-order valence-corrected chi connectivity index (χ2v) is 7.57. The van der Waals surface area contributed by atoms with Gasteiger partial charge in [-0.2, -0.15) is 5.26 Å². The molecule has 2 atom stereocenters. The number of fused-ring (bicyclic) bond motifs is 1. The molecule has 0 bridgehead atoms. The second kappa shape index (κ2) is 6.67. The lowest BCUT2D eigenvalue weighted by Crippen LogP contribution is -2.53. The molecular weight excluding hydrogens is 326 g/mol. The van der Waals surface area contributed by atoms with Crippen molar-refractivity contribution in [2.75, 3.05) is 13.1 Å². The Hall–Kier alpha value is -2.49. The SMILES string of the molecule is N#Cc1ccc(C[C@@H]2CNC[C@H](NC(=O)C3(N)CC3)C2)c2cccnc12. The first-order valence-corrected chi connectivity index (χ1v) is 9.16. The number of amides is 1. The molecule has 6 nitrogen and oxygen atoms in total. The summed E-state index contributed by atoms with van der Waals surface area (Å²) in [6.45, 7) is 1.70. The summed E-state index contributed by atoms with van der Waals surface area (Å²) < 4.78 is 0. The molecule has 2 fully saturated rings. The molecule has 4 N–H and O–H groups in total. The number of nitrogens with zero attached hydrogens (tertiary/aromatic N) is 2. The van der Waals surface area contributed by atoms with E-state index in [4.69, 9.17) is 5.73 Å². The van der Waals surface area contributed by atoms with Crippen LogP contribution in [0.1, 0.15) is 30.4 Å². The summed E-state index contributed by atoms with van der Waals surface area (Å²) in [6.07, 6.45) is 5.11. The number of benzene rings is 1. The van der Waals surface area contributed by atoms with Crippen molar-refractivity contribution >= 4 is 16.8 Å². The number of carbonyl (C=O) groups excluding carboxylic acids is 1. The van der Waals surface area contributed by atoms with Crippen LogP contribution in [0.15, 0.2) is 30.5 Å². The van der Waals surface area contributed by atoms with Crippen LogP contribution in [-0.4, -0.2) is 35.6 Å². The van der Waals surface area contributed by atoms with Crippen LogP contribution in [0, 0.1) is 17.2 Å². The van der Waals surface area contributed by atoms with Gasteiger partial charge in [0.15, 0.2) is 0 Å². The summed E-state index contributed by atoms with van der Waals surface area (Å²) in [4.78, 5) is 16.6. The van der Waals surface area contributed by atoms with Crippen molar-refractivity contribution in [2.24, 2.45) is 11.7 Å². The topological polar surface area (TPSA) is 104 Å². The number of piperidine rings is 1. The Kier molecular flexibility index (Phi) is 4.35. The van der Waals surface area contributed by atoms with Gasteiger partial charge in [0.25, 0.3) is 0 Å². The van der Waals surface area contributed by atoms with Crippen molar-refractivity contribution in [3.63, 3.8) is 0 Å². The Morgan fingerprint density at radius 1 is 1.38 bits per heavy atom. The Labute approximate surface area is 152 Å². The first kappa shape index (κ1) is 17.0. The van der Waals surface area contributed by atoms with Crippen LogP contribution in [0.4, 0.5) is 0 Å². The Balaban J connectivity index is 1.48. The fourth-order valence-electron chi connectivity index (χ4n) is 3.80. The van der Waals surface area contributed by atoms with Gasteiger partial charge in [-0.25, -0.2) is 0 Å². The molecule has 0 radical (unpaired) electrons. The number of aromatic nitrogens is 1. The van der Waals surface area contributed by atoms with E-state index in [1.807, 2.05) is 24.3 Å². The van der Waals surface area contributed by atoms with Crippen molar-refractivity contribution < 1.29 is 4.79 Å². The molecule has 1 aromatic carbocycles. The van der Waals surface area contributed by atoms with E-state index in [0.29, 0.717) is 11.5 Å². The fraction of sp³-hybridized carbons (Fsp3) is 0.450. The van der Waals surface area contributed by atoms with Crippen molar-refractivity contribution in [1.29, 1.82) is 5.26 Å². The zero-order chi connectivity index (χ0) is 18.1. The second-order valence-electron chi connectivity index (χ2n) is 7.57. The molecule has 2 heterocycles. The number of carbonyl (C=O) groups is 1. The lowest BCUT2D eigenvalue weighted by molar-refractivity contribution is -0.124. The third kappa shape index (κ3) is 3.28. The van der Waals surface area contributed by atoms with Gasteiger partial charge in [-0.05, 0) is 55.8 Å². The van der Waals surface area contributed by atoms with Gasteiger partial charge in [-0.15, -0.1) is 0 Å². The predicted molar refractivity (Wildman–Crippen MR) is 99.2 cm³/mol. The average Bonchev–Trinajstić information content (AvgIpc) is 3.41. The lowest BCUT2D eigenvalue weighted by atomic mass is 9.88. The molecule has 134 valence electrons. The summed E-state index contributed by atoms with van der Waals surface area (Å²) in [6, 6.07) is 10.2. The maximum Gasteiger partial charge on any atom is 0.240 e. The Bertz CT molecular complexity index is 883. The van der Waals surface area contributed by atoms with E-state index < -0.39 is 5.54 Å². The predicted octanol–water partition coefficient (Wildman–Crippen LogP) is 1.23. The monoisotopic (exact) mass is 349 g/mol. The highest BCUT2D eigenvalue weighted by atomic mass is 16.2. The molecule has 4 rings (SSSR count). The van der Waals surface area contributed by atoms with Crippen LogP contribution in [0.25, 0.3) is 10.9 Å². The first-order chi connectivity index (χ1) is 12.6. The number of nitrogens with two attached hydrogens (primary N) is 1. The highest BCUT2D eigenvalue weighted by molar-refractivity contribution is 5.89. The quantitative estimate of drug-likeness (QED) is 0.770. The summed E-state index contributed by atoms with van der Waals surface area (Å²) in [5.74, 6) is 0.399. The molecule has 1 saturated carbocycles. The highest BCUT2D eigenvalue weighted by Gasteiger charge is 2.46. The molecule has 2 aromatic rings. The lowest BCUT2D eigenvalue weighted by Gasteiger charge is -2.31. The minimum absolute atomic E-state index is 0.0158. The van der Waals surface area contributed by atoms with Gasteiger partial charge in [-0.3, -0.25) is 9.78 Å². The number of rotatable bonds is 4. The summed E-state index contributed by atoms with van der Waals surface area (Å²) >= 11 is 0. The molecule has 2 aliphatic rings. The van der Waals surface area contributed by atoms with Crippen molar-refractivity contribution in [3.05, 3.63) is 41.6 Å². The van der Waals surface area contributed by atoms with E-state index in [1.54, 1.807) is 6.20 Å². The normalized spacial score (nSPS) is 24.0. The Morgan fingerprint density at radius 3 is 3.00 bits per heavy atom. The Morgan fingerprint density at radius 2 is 2.23 bits per heavy atom. The number of nitriles is 1. The number of hydrogen-bond acceptors (Lipinski definition) is 5. The van der Waals surface area contributed by atoms with Crippen LogP contribution >= 0.6 is 0 Å². The molecule has 1 aliphatic carbocycles. The largest absolute Gasteiger partial charge is 0.350 e. The highest BCUT2D eigenvalue weighted by Crippen LogP contribution is 2.32. The summed E-state index contributed by atoms with van der Waals surface area (Å²) in [5.41, 5.74) is 7.93. The third-order valence-electron chi connectivity index (χ3n) is 5.51. The maximum atomic E-state index is 12.2. The van der Waals surface area contributed by atoms with Gasteiger partial charge in [-0.1, -0.05) is 12.1 Å². The van der Waals surface area contributed by atoms with Crippen LogP contribution in [0.3, 0.4) is 0 Å². The van der Waals surface area contributed by atoms with Crippen molar-refractivity contribution in [3.8, 4) is 6.07 Å². The molecule has 0 unspecified atom stereocenters. The molecular formula is C20H23N5O. The molecule has 6 heteroatoms. The summed E-state index contributed by atoms with van der Waals surface area (Å²) in [7, 11) is 0. The minimum atomic E-state index is -0.623. The van der Waals surface area contributed by atoms with Gasteiger partial charge in [0.1, 0.15) is 6.07 Å². The zero-order valence-corrected chi connectivity index (χ0v) is 14.7. The van der Waals surface area contributed by atoms with Crippen molar-refractivity contribution in [2.45, 2.75) is 37.3 Å². The van der Waals surface area contributed by atoms with Crippen LogP contribution in [-0.2, 0) is 11.2 Å². The van der Waals surface area contributed by atoms with E-state index in [0.717, 1.165) is 49.7 Å². The van der Waals surface area contributed by atoms with E-state index >= 15 is 0 Å². The molecule has 1 aliphatic heterocycles. The molecule has 1 aromatic heterocycles. The van der Waals surface area contributed by atoms with Gasteiger partial charge >= 0.3 is 0 Å². The van der Waals surface area contributed by atoms with E-state index in [2.05, 4.69) is 21.7 Å². The van der Waals surface area contributed by atoms with E-state index in [-0.39, 0.29) is 11.9 Å². The number of pyridine rings is 1.